The van der Waals surface area contributed by atoms with Crippen molar-refractivity contribution < 1.29 is 4.79 Å². The van der Waals surface area contributed by atoms with Crippen LogP contribution in [0.1, 0.15) is 52.9 Å². The standard InChI is InChI=1S/C17H27N3O/c1-16(2)13-4-7-17(16,3)14(10-13)19-15(21)20-8-5-12(11-18)6-9-20/h12-14H,4-10H2,1-3H3,(H,19,21)/t13-,14-,17-/m0/s1. The molecule has 2 bridgehead atoms. The highest BCUT2D eigenvalue weighted by molar-refractivity contribution is 5.75. The summed E-state index contributed by atoms with van der Waals surface area (Å²) >= 11 is 0. The fourth-order valence-electron chi connectivity index (χ4n) is 4.87. The number of hydrogen-bond donors (Lipinski definition) is 1. The molecule has 3 aliphatic rings. The zero-order chi connectivity index (χ0) is 15.3. The maximum absolute atomic E-state index is 12.5. The van der Waals surface area contributed by atoms with Crippen LogP contribution in [0.4, 0.5) is 4.79 Å². The summed E-state index contributed by atoms with van der Waals surface area (Å²) in [6.45, 7) is 8.54. The van der Waals surface area contributed by atoms with Gasteiger partial charge in [-0.3, -0.25) is 0 Å². The van der Waals surface area contributed by atoms with Crippen LogP contribution in [0, 0.1) is 34.0 Å². The largest absolute Gasteiger partial charge is 0.335 e. The monoisotopic (exact) mass is 289 g/mol. The minimum Gasteiger partial charge on any atom is -0.335 e. The second-order valence-corrected chi connectivity index (χ2v) is 8.00. The Hall–Kier alpha value is -1.24. The van der Waals surface area contributed by atoms with Crippen LogP contribution in [0.15, 0.2) is 0 Å². The molecule has 2 amide bonds. The normalized spacial score (nSPS) is 38.3. The first kappa shape index (κ1) is 14.7. The van der Waals surface area contributed by atoms with Gasteiger partial charge in [-0.1, -0.05) is 20.8 Å². The van der Waals surface area contributed by atoms with E-state index in [0.29, 0.717) is 11.5 Å². The Bertz CT molecular complexity index is 473. The first-order valence-electron chi connectivity index (χ1n) is 8.33. The molecule has 0 unspecified atom stereocenters. The van der Waals surface area contributed by atoms with Crippen molar-refractivity contribution >= 4 is 6.03 Å². The number of rotatable bonds is 1. The second-order valence-electron chi connectivity index (χ2n) is 8.00. The van der Waals surface area contributed by atoms with Crippen LogP contribution in [-0.2, 0) is 0 Å². The number of urea groups is 1. The van der Waals surface area contributed by atoms with Crippen LogP contribution < -0.4 is 5.32 Å². The minimum absolute atomic E-state index is 0.0842. The number of carbonyl (C=O) groups is 1. The average molecular weight is 289 g/mol. The molecule has 3 fully saturated rings. The van der Waals surface area contributed by atoms with Gasteiger partial charge in [0.25, 0.3) is 0 Å². The molecule has 3 atom stereocenters. The van der Waals surface area contributed by atoms with E-state index >= 15 is 0 Å². The van der Waals surface area contributed by atoms with Crippen LogP contribution in [0.25, 0.3) is 0 Å². The molecule has 3 rings (SSSR count). The molecule has 0 aromatic heterocycles. The van der Waals surface area contributed by atoms with Crippen LogP contribution >= 0.6 is 0 Å². The van der Waals surface area contributed by atoms with E-state index in [2.05, 4.69) is 32.2 Å². The third-order valence-corrected chi connectivity index (χ3v) is 7.06. The van der Waals surface area contributed by atoms with Gasteiger partial charge in [0.2, 0.25) is 0 Å². The minimum atomic E-state index is 0.0842. The molecule has 2 aliphatic carbocycles. The van der Waals surface area contributed by atoms with E-state index < -0.39 is 0 Å². The zero-order valence-corrected chi connectivity index (χ0v) is 13.5. The molecule has 0 aromatic rings. The number of likely N-dealkylation sites (tertiary alicyclic amines) is 1. The Labute approximate surface area is 127 Å². The SMILES string of the molecule is CC1(C)[C@H]2CC[C@@]1(C)[C@@H](NC(=O)N1CCC(C#N)CC1)C2. The number of fused-ring (bicyclic) bond motifs is 2. The van der Waals surface area contributed by atoms with Gasteiger partial charge in [0, 0.05) is 25.0 Å². The summed E-state index contributed by atoms with van der Waals surface area (Å²) in [5.41, 5.74) is 0.567. The fraction of sp³-hybridized carbons (Fsp3) is 0.882. The van der Waals surface area contributed by atoms with Crippen molar-refractivity contribution in [1.29, 1.82) is 5.26 Å². The number of carbonyl (C=O) groups excluding carboxylic acids is 1. The van der Waals surface area contributed by atoms with Crippen molar-refractivity contribution in [3.8, 4) is 6.07 Å². The second kappa shape index (κ2) is 4.90. The third-order valence-electron chi connectivity index (χ3n) is 7.06. The fourth-order valence-corrected chi connectivity index (χ4v) is 4.87. The third kappa shape index (κ3) is 2.13. The molecule has 21 heavy (non-hydrogen) atoms. The van der Waals surface area contributed by atoms with E-state index in [9.17, 15) is 4.79 Å². The van der Waals surface area contributed by atoms with E-state index in [1.807, 2.05) is 4.90 Å². The Kier molecular flexibility index (Phi) is 3.43. The maximum Gasteiger partial charge on any atom is 0.317 e. The Balaban J connectivity index is 1.61. The average Bonchev–Trinajstić information content (AvgIpc) is 2.80. The van der Waals surface area contributed by atoms with Crippen molar-refractivity contribution in [3.05, 3.63) is 0 Å². The number of amides is 2. The summed E-state index contributed by atoms with van der Waals surface area (Å²) in [5.74, 6) is 0.880. The first-order chi connectivity index (χ1) is 9.88. The lowest BCUT2D eigenvalue weighted by Crippen LogP contribution is -2.52. The van der Waals surface area contributed by atoms with Crippen molar-refractivity contribution in [2.24, 2.45) is 22.7 Å². The van der Waals surface area contributed by atoms with Gasteiger partial charge in [-0.2, -0.15) is 5.26 Å². The number of nitriles is 1. The lowest BCUT2D eigenvalue weighted by Gasteiger charge is -2.40. The summed E-state index contributed by atoms with van der Waals surface area (Å²) in [7, 11) is 0. The molecule has 2 saturated carbocycles. The molecule has 0 radical (unpaired) electrons. The molecule has 116 valence electrons. The molecule has 4 heteroatoms. The Morgan fingerprint density at radius 1 is 1.24 bits per heavy atom. The van der Waals surface area contributed by atoms with E-state index in [1.54, 1.807) is 0 Å². The van der Waals surface area contributed by atoms with Gasteiger partial charge in [-0.05, 0) is 48.9 Å². The molecule has 0 spiro atoms. The highest BCUT2D eigenvalue weighted by Gasteiger charge is 2.61. The number of piperidine rings is 1. The van der Waals surface area contributed by atoms with Gasteiger partial charge in [-0.15, -0.1) is 0 Å². The molecule has 1 aliphatic heterocycles. The van der Waals surface area contributed by atoms with Gasteiger partial charge in [0.15, 0.2) is 0 Å². The molecule has 0 aromatic carbocycles. The molecular weight excluding hydrogens is 262 g/mol. The molecular formula is C17H27N3O. The van der Waals surface area contributed by atoms with Gasteiger partial charge in [-0.25, -0.2) is 4.79 Å². The van der Waals surface area contributed by atoms with Crippen molar-refractivity contribution in [3.63, 3.8) is 0 Å². The number of nitrogens with one attached hydrogen (secondary N) is 1. The van der Waals surface area contributed by atoms with Crippen LogP contribution in [-0.4, -0.2) is 30.1 Å². The predicted octanol–water partition coefficient (Wildman–Crippen LogP) is 3.15. The summed E-state index contributed by atoms with van der Waals surface area (Å²) in [6, 6.07) is 2.71. The Morgan fingerprint density at radius 2 is 1.90 bits per heavy atom. The van der Waals surface area contributed by atoms with Gasteiger partial charge < -0.3 is 10.2 Å². The smallest absolute Gasteiger partial charge is 0.317 e. The highest BCUT2D eigenvalue weighted by atomic mass is 16.2. The quantitative estimate of drug-likeness (QED) is 0.806. The van der Waals surface area contributed by atoms with E-state index in [1.165, 1.54) is 12.8 Å². The van der Waals surface area contributed by atoms with Gasteiger partial charge in [0.1, 0.15) is 0 Å². The van der Waals surface area contributed by atoms with Crippen molar-refractivity contribution in [2.45, 2.75) is 58.9 Å². The van der Waals surface area contributed by atoms with Crippen LogP contribution in [0.3, 0.4) is 0 Å². The van der Waals surface area contributed by atoms with Crippen molar-refractivity contribution in [2.75, 3.05) is 13.1 Å². The van der Waals surface area contributed by atoms with Crippen molar-refractivity contribution in [1.82, 2.24) is 10.2 Å². The molecule has 1 N–H and O–H groups in total. The van der Waals surface area contributed by atoms with E-state index in [0.717, 1.165) is 38.3 Å². The molecule has 1 saturated heterocycles. The Morgan fingerprint density at radius 3 is 2.38 bits per heavy atom. The maximum atomic E-state index is 12.5. The van der Waals surface area contributed by atoms with Crippen LogP contribution in [0.2, 0.25) is 0 Å². The van der Waals surface area contributed by atoms with Crippen LogP contribution in [0.5, 0.6) is 0 Å². The summed E-state index contributed by atoms with van der Waals surface area (Å²) in [5, 5.41) is 12.3. The van der Waals surface area contributed by atoms with Gasteiger partial charge >= 0.3 is 6.03 Å². The summed E-state index contributed by atoms with van der Waals surface area (Å²) in [6.07, 6.45) is 5.30. The first-order valence-corrected chi connectivity index (χ1v) is 8.33. The molecule has 4 nitrogen and oxygen atoms in total. The summed E-state index contributed by atoms with van der Waals surface area (Å²) in [4.78, 5) is 14.4. The summed E-state index contributed by atoms with van der Waals surface area (Å²) < 4.78 is 0. The lowest BCUT2D eigenvalue weighted by atomic mass is 9.69. The zero-order valence-electron chi connectivity index (χ0n) is 13.5. The highest BCUT2D eigenvalue weighted by Crippen LogP contribution is 2.65. The predicted molar refractivity (Wildman–Crippen MR) is 81.5 cm³/mol. The van der Waals surface area contributed by atoms with E-state index in [4.69, 9.17) is 5.26 Å². The topological polar surface area (TPSA) is 56.1 Å². The van der Waals surface area contributed by atoms with Gasteiger partial charge in [0.05, 0.1) is 6.07 Å². The van der Waals surface area contributed by atoms with E-state index in [-0.39, 0.29) is 17.4 Å². The number of nitrogens with zero attached hydrogens (tertiary/aromatic N) is 2. The lowest BCUT2D eigenvalue weighted by molar-refractivity contribution is 0.115. The molecule has 1 heterocycles. The number of hydrogen-bond acceptors (Lipinski definition) is 2.